The maximum absolute atomic E-state index is 11.8. The zero-order chi connectivity index (χ0) is 14.3. The van der Waals surface area contributed by atoms with E-state index < -0.39 is 0 Å². The number of carbonyl (C=O) groups is 2. The maximum atomic E-state index is 11.8. The molecule has 1 N–H and O–H groups in total. The largest absolute Gasteiger partial charge is 0.355 e. The Morgan fingerprint density at radius 2 is 1.84 bits per heavy atom. The van der Waals surface area contributed by atoms with Crippen molar-refractivity contribution in [3.8, 4) is 0 Å². The monoisotopic (exact) mass is 262 g/mol. The number of rotatable bonds is 6. The molecule has 0 saturated carbocycles. The summed E-state index contributed by atoms with van der Waals surface area (Å²) in [4.78, 5) is 24.9. The van der Waals surface area contributed by atoms with Gasteiger partial charge in [-0.25, -0.2) is 0 Å². The first-order valence-electron chi connectivity index (χ1n) is 6.60. The third kappa shape index (κ3) is 5.55. The second-order valence-corrected chi connectivity index (χ2v) is 4.97. The Morgan fingerprint density at radius 1 is 1.21 bits per heavy atom. The van der Waals surface area contributed by atoms with Gasteiger partial charge in [0.25, 0.3) is 0 Å². The molecule has 104 valence electrons. The minimum Gasteiger partial charge on any atom is -0.355 e. The summed E-state index contributed by atoms with van der Waals surface area (Å²) in [7, 11) is 0. The van der Waals surface area contributed by atoms with E-state index in [1.807, 2.05) is 30.3 Å². The van der Waals surface area contributed by atoms with Gasteiger partial charge in [0.1, 0.15) is 6.54 Å². The van der Waals surface area contributed by atoms with Gasteiger partial charge < -0.3 is 10.2 Å². The molecule has 1 aromatic carbocycles. The highest BCUT2D eigenvalue weighted by molar-refractivity contribution is 5.97. The molecule has 0 saturated heterocycles. The molecule has 0 heterocycles. The van der Waals surface area contributed by atoms with Crippen molar-refractivity contribution < 1.29 is 9.59 Å². The molecule has 0 aliphatic carbocycles. The quantitative estimate of drug-likeness (QED) is 0.854. The molecule has 0 fully saturated rings. The van der Waals surface area contributed by atoms with E-state index in [0.717, 1.165) is 12.1 Å². The first-order chi connectivity index (χ1) is 9.00. The van der Waals surface area contributed by atoms with Crippen molar-refractivity contribution in [2.75, 3.05) is 18.0 Å². The average Bonchev–Trinajstić information content (AvgIpc) is 2.36. The van der Waals surface area contributed by atoms with E-state index in [-0.39, 0.29) is 18.4 Å². The Labute approximate surface area is 114 Å². The highest BCUT2D eigenvalue weighted by Crippen LogP contribution is 2.12. The van der Waals surface area contributed by atoms with Crippen molar-refractivity contribution in [2.24, 2.45) is 5.92 Å². The van der Waals surface area contributed by atoms with Crippen LogP contribution >= 0.6 is 0 Å². The molecule has 1 aromatic rings. The predicted molar refractivity (Wildman–Crippen MR) is 76.9 cm³/mol. The van der Waals surface area contributed by atoms with Crippen molar-refractivity contribution in [3.05, 3.63) is 30.3 Å². The van der Waals surface area contributed by atoms with E-state index in [1.165, 1.54) is 11.8 Å². The molecule has 1 rings (SSSR count). The molecule has 0 unspecified atom stereocenters. The highest BCUT2D eigenvalue weighted by Gasteiger charge is 2.14. The normalized spacial score (nSPS) is 10.3. The second kappa shape index (κ2) is 7.56. The summed E-state index contributed by atoms with van der Waals surface area (Å²) < 4.78 is 0. The molecule has 0 spiro atoms. The molecule has 0 aliphatic heterocycles. The summed E-state index contributed by atoms with van der Waals surface area (Å²) in [5, 5.41) is 2.84. The van der Waals surface area contributed by atoms with Crippen molar-refractivity contribution in [2.45, 2.75) is 27.2 Å². The molecule has 0 aliphatic rings. The summed E-state index contributed by atoms with van der Waals surface area (Å²) in [6, 6.07) is 9.22. The zero-order valence-electron chi connectivity index (χ0n) is 11.8. The van der Waals surface area contributed by atoms with Gasteiger partial charge in [-0.1, -0.05) is 32.0 Å². The van der Waals surface area contributed by atoms with Crippen LogP contribution in [0.1, 0.15) is 27.2 Å². The average molecular weight is 262 g/mol. The van der Waals surface area contributed by atoms with Crippen LogP contribution in [0.2, 0.25) is 0 Å². The fourth-order valence-corrected chi connectivity index (χ4v) is 1.69. The minimum atomic E-state index is -0.134. The van der Waals surface area contributed by atoms with Crippen molar-refractivity contribution in [3.63, 3.8) is 0 Å². The van der Waals surface area contributed by atoms with Gasteiger partial charge in [-0.3, -0.25) is 9.59 Å². The lowest BCUT2D eigenvalue weighted by molar-refractivity contribution is -0.123. The summed E-state index contributed by atoms with van der Waals surface area (Å²) in [5.41, 5.74) is 0.744. The van der Waals surface area contributed by atoms with Gasteiger partial charge in [-0.15, -0.1) is 0 Å². The lowest BCUT2D eigenvalue weighted by Crippen LogP contribution is -2.40. The number of hydrogen-bond acceptors (Lipinski definition) is 2. The van der Waals surface area contributed by atoms with Gasteiger partial charge in [-0.05, 0) is 24.5 Å². The van der Waals surface area contributed by atoms with E-state index in [9.17, 15) is 9.59 Å². The Bertz CT molecular complexity index is 415. The number of benzene rings is 1. The molecule has 4 nitrogen and oxygen atoms in total. The summed E-state index contributed by atoms with van der Waals surface area (Å²) >= 11 is 0. The third-order valence-corrected chi connectivity index (χ3v) is 2.79. The number of amides is 2. The summed E-state index contributed by atoms with van der Waals surface area (Å²) in [6.07, 6.45) is 0.942. The fourth-order valence-electron chi connectivity index (χ4n) is 1.69. The van der Waals surface area contributed by atoms with Crippen molar-refractivity contribution in [1.29, 1.82) is 0 Å². The minimum absolute atomic E-state index is 0.0669. The number of para-hydroxylation sites is 1. The molecule has 0 atom stereocenters. The van der Waals surface area contributed by atoms with Gasteiger partial charge in [0.05, 0.1) is 0 Å². The van der Waals surface area contributed by atoms with Gasteiger partial charge in [0, 0.05) is 19.2 Å². The number of hydrogen-bond donors (Lipinski definition) is 1. The standard InChI is InChI=1S/C15H22N2O2/c1-12(2)9-10-16-15(19)11-17(13(3)18)14-7-5-4-6-8-14/h4-8,12H,9-11H2,1-3H3,(H,16,19). The van der Waals surface area contributed by atoms with E-state index >= 15 is 0 Å². The van der Waals surface area contributed by atoms with Crippen LogP contribution in [0.5, 0.6) is 0 Å². The molecule has 2 amide bonds. The molecule has 0 bridgehead atoms. The molecule has 4 heteroatoms. The van der Waals surface area contributed by atoms with E-state index in [0.29, 0.717) is 12.5 Å². The number of nitrogens with zero attached hydrogens (tertiary/aromatic N) is 1. The predicted octanol–water partition coefficient (Wildman–Crippen LogP) is 2.20. The zero-order valence-corrected chi connectivity index (χ0v) is 11.8. The van der Waals surface area contributed by atoms with Crippen LogP contribution in [0.3, 0.4) is 0 Å². The SMILES string of the molecule is CC(=O)N(CC(=O)NCCC(C)C)c1ccccc1. The topological polar surface area (TPSA) is 49.4 Å². The molecule has 0 aromatic heterocycles. The summed E-state index contributed by atoms with van der Waals surface area (Å²) in [6.45, 7) is 6.40. The maximum Gasteiger partial charge on any atom is 0.240 e. The fraction of sp³-hybridized carbons (Fsp3) is 0.467. The van der Waals surface area contributed by atoms with Crippen LogP contribution in [-0.2, 0) is 9.59 Å². The Hall–Kier alpha value is -1.84. The van der Waals surface area contributed by atoms with Crippen LogP contribution < -0.4 is 10.2 Å². The van der Waals surface area contributed by atoms with Crippen LogP contribution in [-0.4, -0.2) is 24.9 Å². The van der Waals surface area contributed by atoms with E-state index in [4.69, 9.17) is 0 Å². The number of anilines is 1. The van der Waals surface area contributed by atoms with Crippen LogP contribution in [0.15, 0.2) is 30.3 Å². The Morgan fingerprint density at radius 3 is 2.37 bits per heavy atom. The highest BCUT2D eigenvalue weighted by atomic mass is 16.2. The van der Waals surface area contributed by atoms with Gasteiger partial charge >= 0.3 is 0 Å². The van der Waals surface area contributed by atoms with Gasteiger partial charge in [-0.2, -0.15) is 0 Å². The van der Waals surface area contributed by atoms with Crippen LogP contribution in [0.4, 0.5) is 5.69 Å². The van der Waals surface area contributed by atoms with Crippen molar-refractivity contribution >= 4 is 17.5 Å². The number of nitrogens with one attached hydrogen (secondary N) is 1. The lowest BCUT2D eigenvalue weighted by atomic mass is 10.1. The molecular formula is C15H22N2O2. The Balaban J connectivity index is 2.55. The summed E-state index contributed by atoms with van der Waals surface area (Å²) in [5.74, 6) is 0.295. The molecular weight excluding hydrogens is 240 g/mol. The van der Waals surface area contributed by atoms with Crippen LogP contribution in [0.25, 0.3) is 0 Å². The van der Waals surface area contributed by atoms with Gasteiger partial charge in [0.15, 0.2) is 0 Å². The van der Waals surface area contributed by atoms with Gasteiger partial charge in [0.2, 0.25) is 11.8 Å². The first-order valence-corrected chi connectivity index (χ1v) is 6.60. The van der Waals surface area contributed by atoms with E-state index in [1.54, 1.807) is 0 Å². The molecule has 0 radical (unpaired) electrons. The molecule has 19 heavy (non-hydrogen) atoms. The third-order valence-electron chi connectivity index (χ3n) is 2.79. The smallest absolute Gasteiger partial charge is 0.240 e. The number of carbonyl (C=O) groups excluding carboxylic acids is 2. The van der Waals surface area contributed by atoms with E-state index in [2.05, 4.69) is 19.2 Å². The lowest BCUT2D eigenvalue weighted by Gasteiger charge is -2.20. The van der Waals surface area contributed by atoms with Crippen LogP contribution in [0, 0.1) is 5.92 Å². The van der Waals surface area contributed by atoms with Crippen molar-refractivity contribution in [1.82, 2.24) is 5.32 Å². The second-order valence-electron chi connectivity index (χ2n) is 4.97. The Kier molecular flexibility index (Phi) is 6.06. The first kappa shape index (κ1) is 15.2.